The van der Waals surface area contributed by atoms with Crippen LogP contribution >= 0.6 is 15.9 Å². The number of hydrogen-bond acceptors (Lipinski definition) is 2. The van der Waals surface area contributed by atoms with Gasteiger partial charge in [0.15, 0.2) is 5.78 Å². The van der Waals surface area contributed by atoms with E-state index in [1.54, 1.807) is 6.07 Å². The molecule has 1 atom stereocenters. The molecule has 3 rings (SSSR count). The molecule has 102 valence electrons. The number of carbonyl (C=O) groups excluding carboxylic acids is 1. The third-order valence-electron chi connectivity index (χ3n) is 3.38. The minimum atomic E-state index is -0.382. The fourth-order valence-corrected chi connectivity index (χ4v) is 2.98. The second kappa shape index (κ2) is 5.02. The van der Waals surface area contributed by atoms with Crippen LogP contribution in [-0.2, 0) is 0 Å². The van der Waals surface area contributed by atoms with E-state index < -0.39 is 0 Å². The Balaban J connectivity index is 1.99. The fraction of sp³-hybridized carbons (Fsp3) is 0.188. The summed E-state index contributed by atoms with van der Waals surface area (Å²) in [5, 5.41) is 0. The molecule has 0 spiro atoms. The van der Waals surface area contributed by atoms with E-state index in [9.17, 15) is 9.18 Å². The predicted octanol–water partition coefficient (Wildman–Crippen LogP) is 4.60. The highest BCUT2D eigenvalue weighted by Gasteiger charge is 2.28. The molecule has 20 heavy (non-hydrogen) atoms. The molecule has 2 aromatic rings. The molecule has 0 radical (unpaired) electrons. The van der Waals surface area contributed by atoms with Crippen LogP contribution in [0.3, 0.4) is 0 Å². The molecule has 0 saturated carbocycles. The number of halogens is 2. The molecular formula is C16H12BrFO2. The van der Waals surface area contributed by atoms with Gasteiger partial charge in [-0.25, -0.2) is 4.39 Å². The summed E-state index contributed by atoms with van der Waals surface area (Å²) >= 11 is 3.32. The topological polar surface area (TPSA) is 26.3 Å². The number of aryl methyl sites for hydroxylation is 1. The van der Waals surface area contributed by atoms with Gasteiger partial charge in [-0.2, -0.15) is 0 Å². The number of ether oxygens (including phenoxy) is 1. The highest BCUT2D eigenvalue weighted by Crippen LogP contribution is 2.37. The zero-order valence-electron chi connectivity index (χ0n) is 10.8. The zero-order valence-corrected chi connectivity index (χ0v) is 12.4. The van der Waals surface area contributed by atoms with Crippen molar-refractivity contribution in [3.8, 4) is 5.75 Å². The molecule has 0 amide bonds. The van der Waals surface area contributed by atoms with Crippen molar-refractivity contribution >= 4 is 21.7 Å². The largest absolute Gasteiger partial charge is 0.484 e. The van der Waals surface area contributed by atoms with Crippen LogP contribution in [0.5, 0.6) is 5.75 Å². The molecule has 1 unspecified atom stereocenters. The first-order valence-electron chi connectivity index (χ1n) is 6.30. The van der Waals surface area contributed by atoms with Gasteiger partial charge in [-0.3, -0.25) is 4.79 Å². The summed E-state index contributed by atoms with van der Waals surface area (Å²) in [4.78, 5) is 12.2. The summed E-state index contributed by atoms with van der Waals surface area (Å²) in [6.07, 6.45) is -0.117. The van der Waals surface area contributed by atoms with Crippen molar-refractivity contribution in [3.05, 3.63) is 63.4 Å². The van der Waals surface area contributed by atoms with E-state index >= 15 is 0 Å². The third-order valence-corrected chi connectivity index (χ3v) is 4.07. The second-order valence-corrected chi connectivity index (χ2v) is 5.75. The van der Waals surface area contributed by atoms with Crippen molar-refractivity contribution in [2.75, 3.05) is 0 Å². The Bertz CT molecular complexity index is 697. The number of benzene rings is 2. The van der Waals surface area contributed by atoms with Gasteiger partial charge in [0, 0.05) is 10.0 Å². The Hall–Kier alpha value is -1.68. The lowest BCUT2D eigenvalue weighted by molar-refractivity contribution is 0.0849. The lowest BCUT2D eigenvalue weighted by Crippen LogP contribution is -2.20. The molecule has 0 aromatic heterocycles. The highest BCUT2D eigenvalue weighted by molar-refractivity contribution is 9.10. The number of fused-ring (bicyclic) bond motifs is 1. The van der Waals surface area contributed by atoms with Crippen LogP contribution in [0.2, 0.25) is 0 Å². The average molecular weight is 335 g/mol. The van der Waals surface area contributed by atoms with Gasteiger partial charge in [-0.15, -0.1) is 0 Å². The normalized spacial score (nSPS) is 17.6. The molecule has 1 aliphatic rings. The predicted molar refractivity (Wildman–Crippen MR) is 77.6 cm³/mol. The smallest absolute Gasteiger partial charge is 0.170 e. The van der Waals surface area contributed by atoms with Gasteiger partial charge in [-0.05, 0) is 31.2 Å². The highest BCUT2D eigenvalue weighted by atomic mass is 79.9. The molecule has 1 heterocycles. The van der Waals surface area contributed by atoms with Crippen molar-refractivity contribution in [1.82, 2.24) is 0 Å². The van der Waals surface area contributed by atoms with E-state index in [0.29, 0.717) is 15.8 Å². The van der Waals surface area contributed by atoms with Crippen LogP contribution in [0.1, 0.15) is 34.0 Å². The van der Waals surface area contributed by atoms with Crippen molar-refractivity contribution in [1.29, 1.82) is 0 Å². The number of rotatable bonds is 1. The van der Waals surface area contributed by atoms with Crippen LogP contribution in [0.4, 0.5) is 4.39 Å². The fourth-order valence-electron chi connectivity index (χ4n) is 2.37. The Kier molecular flexibility index (Phi) is 3.34. The van der Waals surface area contributed by atoms with Gasteiger partial charge in [-0.1, -0.05) is 33.6 Å². The lowest BCUT2D eigenvalue weighted by atomic mass is 9.95. The Morgan fingerprint density at radius 1 is 1.25 bits per heavy atom. The average Bonchev–Trinajstić information content (AvgIpc) is 2.39. The molecule has 1 aliphatic heterocycles. The van der Waals surface area contributed by atoms with Gasteiger partial charge in [0.2, 0.25) is 0 Å². The first kappa shape index (κ1) is 13.3. The van der Waals surface area contributed by atoms with E-state index in [2.05, 4.69) is 15.9 Å². The van der Waals surface area contributed by atoms with Crippen LogP contribution in [0.25, 0.3) is 0 Å². The summed E-state index contributed by atoms with van der Waals surface area (Å²) in [6.45, 7) is 1.94. The van der Waals surface area contributed by atoms with Crippen molar-refractivity contribution in [2.24, 2.45) is 0 Å². The van der Waals surface area contributed by atoms with Gasteiger partial charge in [0.05, 0.1) is 12.0 Å². The minimum Gasteiger partial charge on any atom is -0.484 e. The van der Waals surface area contributed by atoms with Crippen LogP contribution in [-0.4, -0.2) is 5.78 Å². The second-order valence-electron chi connectivity index (χ2n) is 4.90. The van der Waals surface area contributed by atoms with E-state index in [1.165, 1.54) is 12.1 Å². The molecule has 0 bridgehead atoms. The lowest BCUT2D eigenvalue weighted by Gasteiger charge is -2.26. The quantitative estimate of drug-likeness (QED) is 0.761. The first-order valence-corrected chi connectivity index (χ1v) is 7.09. The molecule has 0 aliphatic carbocycles. The maximum absolute atomic E-state index is 13.1. The monoisotopic (exact) mass is 334 g/mol. The SMILES string of the molecule is Cc1ccc2c(c1)C(=O)CC(c1ccc(F)cc1Br)O2. The summed E-state index contributed by atoms with van der Waals surface area (Å²) in [7, 11) is 0. The number of ketones is 1. The van der Waals surface area contributed by atoms with E-state index in [4.69, 9.17) is 4.74 Å². The van der Waals surface area contributed by atoms with Crippen molar-refractivity contribution < 1.29 is 13.9 Å². The molecule has 4 heteroatoms. The molecular weight excluding hydrogens is 323 g/mol. The number of Topliss-reactive ketones (excluding diaryl/α,β-unsaturated/α-hetero) is 1. The maximum atomic E-state index is 13.1. The van der Waals surface area contributed by atoms with Crippen LogP contribution in [0, 0.1) is 12.7 Å². The third kappa shape index (κ3) is 2.36. The number of carbonyl (C=O) groups is 1. The molecule has 0 saturated heterocycles. The Morgan fingerprint density at radius 3 is 2.80 bits per heavy atom. The maximum Gasteiger partial charge on any atom is 0.170 e. The van der Waals surface area contributed by atoms with Gasteiger partial charge in [0.25, 0.3) is 0 Å². The molecule has 2 nitrogen and oxygen atoms in total. The first-order chi connectivity index (χ1) is 9.54. The van der Waals surface area contributed by atoms with Crippen LogP contribution in [0.15, 0.2) is 40.9 Å². The van der Waals surface area contributed by atoms with Gasteiger partial charge < -0.3 is 4.74 Å². The molecule has 0 fully saturated rings. The zero-order chi connectivity index (χ0) is 14.3. The van der Waals surface area contributed by atoms with Crippen LogP contribution < -0.4 is 4.74 Å². The minimum absolute atomic E-state index is 0.0520. The van der Waals surface area contributed by atoms with Crippen molar-refractivity contribution in [3.63, 3.8) is 0 Å². The van der Waals surface area contributed by atoms with Crippen molar-refractivity contribution in [2.45, 2.75) is 19.4 Å². The Labute approximate surface area is 124 Å². The Morgan fingerprint density at radius 2 is 2.05 bits per heavy atom. The molecule has 2 aromatic carbocycles. The van der Waals surface area contributed by atoms with E-state index in [1.807, 2.05) is 25.1 Å². The summed E-state index contributed by atoms with van der Waals surface area (Å²) in [5.41, 5.74) is 2.44. The standard InChI is InChI=1S/C16H12BrFO2/c1-9-2-5-15-12(6-9)14(19)8-16(20-15)11-4-3-10(18)7-13(11)17/h2-7,16H,8H2,1H3. The van der Waals surface area contributed by atoms with E-state index in [0.717, 1.165) is 11.1 Å². The summed E-state index contributed by atoms with van der Waals surface area (Å²) in [6, 6.07) is 9.97. The molecule has 0 N–H and O–H groups in total. The van der Waals surface area contributed by atoms with E-state index in [-0.39, 0.29) is 24.1 Å². The van der Waals surface area contributed by atoms with Gasteiger partial charge in [0.1, 0.15) is 17.7 Å². The number of hydrogen-bond donors (Lipinski definition) is 0. The summed E-state index contributed by atoms with van der Waals surface area (Å²) in [5.74, 6) is 0.322. The van der Waals surface area contributed by atoms with Gasteiger partial charge >= 0.3 is 0 Å². The summed E-state index contributed by atoms with van der Waals surface area (Å²) < 4.78 is 19.6.